The van der Waals surface area contributed by atoms with E-state index < -0.39 is 12.3 Å². The molecular weight excluding hydrogens is 169 g/mol. The van der Waals surface area contributed by atoms with Crippen molar-refractivity contribution in [1.82, 2.24) is 0 Å². The summed E-state index contributed by atoms with van der Waals surface area (Å²) in [5, 5.41) is 0. The van der Waals surface area contributed by atoms with Crippen molar-refractivity contribution in [2.45, 2.75) is 39.5 Å². The van der Waals surface area contributed by atoms with Crippen molar-refractivity contribution in [1.29, 1.82) is 0 Å². The third kappa shape index (κ3) is 4.59. The van der Waals surface area contributed by atoms with Gasteiger partial charge in [0.1, 0.15) is 0 Å². The Morgan fingerprint density at radius 2 is 1.58 bits per heavy atom. The van der Waals surface area contributed by atoms with Crippen LogP contribution < -0.4 is 0 Å². The first kappa shape index (κ1) is 11.8. The summed E-state index contributed by atoms with van der Waals surface area (Å²) in [5.74, 6) is 0. The lowest BCUT2D eigenvalue weighted by atomic mass is 9.89. The maximum absolute atomic E-state index is 12.1. The fourth-order valence-corrected chi connectivity index (χ4v) is 0.889. The van der Waals surface area contributed by atoms with Gasteiger partial charge in [-0.1, -0.05) is 20.8 Å². The molecule has 0 saturated heterocycles. The smallest absolute Gasteiger partial charge is 0.372 e. The number of hydrogen-bond acceptors (Lipinski definition) is 1. The van der Waals surface area contributed by atoms with E-state index in [1.54, 1.807) is 20.8 Å². The molecule has 0 amide bonds. The van der Waals surface area contributed by atoms with Gasteiger partial charge in [0.05, 0.1) is 0 Å². The van der Waals surface area contributed by atoms with Crippen molar-refractivity contribution in [3.8, 4) is 0 Å². The molecule has 1 atom stereocenters. The first-order valence-corrected chi connectivity index (χ1v) is 3.76. The monoisotopic (exact) mass is 184 g/mol. The third-order valence-corrected chi connectivity index (χ3v) is 1.45. The Hall–Kier alpha value is -0.250. The molecule has 12 heavy (non-hydrogen) atoms. The standard InChI is InChI=1S/C8H15F3O/c1-7(2,3)5-6(12-4)8(9,10)11/h6H,5H2,1-4H3. The zero-order chi connectivity index (χ0) is 9.99. The molecular formula is C8H15F3O. The highest BCUT2D eigenvalue weighted by Gasteiger charge is 2.41. The number of hydrogen-bond donors (Lipinski definition) is 0. The summed E-state index contributed by atoms with van der Waals surface area (Å²) in [4.78, 5) is 0. The van der Waals surface area contributed by atoms with Crippen LogP contribution in [-0.4, -0.2) is 19.4 Å². The zero-order valence-corrected chi connectivity index (χ0v) is 7.83. The number of halogens is 3. The van der Waals surface area contributed by atoms with Gasteiger partial charge in [0.2, 0.25) is 0 Å². The second-order valence-electron chi connectivity index (χ2n) is 4.03. The minimum Gasteiger partial charge on any atom is -0.372 e. The van der Waals surface area contributed by atoms with E-state index in [1.807, 2.05) is 0 Å². The van der Waals surface area contributed by atoms with Gasteiger partial charge >= 0.3 is 6.18 Å². The van der Waals surface area contributed by atoms with Gasteiger partial charge in [0.25, 0.3) is 0 Å². The van der Waals surface area contributed by atoms with Gasteiger partial charge in [-0.05, 0) is 11.8 Å². The maximum Gasteiger partial charge on any atom is 0.414 e. The molecule has 0 aliphatic rings. The fourth-order valence-electron chi connectivity index (χ4n) is 0.889. The topological polar surface area (TPSA) is 9.23 Å². The molecule has 0 N–H and O–H groups in total. The van der Waals surface area contributed by atoms with Gasteiger partial charge in [0.15, 0.2) is 6.10 Å². The lowest BCUT2D eigenvalue weighted by Crippen LogP contribution is -2.34. The van der Waals surface area contributed by atoms with Crippen LogP contribution in [0.1, 0.15) is 27.2 Å². The van der Waals surface area contributed by atoms with E-state index in [4.69, 9.17) is 0 Å². The van der Waals surface area contributed by atoms with E-state index in [0.717, 1.165) is 7.11 Å². The minimum absolute atomic E-state index is 0.00694. The SMILES string of the molecule is COC(CC(C)(C)C)C(F)(F)F. The molecule has 4 heteroatoms. The van der Waals surface area contributed by atoms with Crippen LogP contribution in [0.3, 0.4) is 0 Å². The Balaban J connectivity index is 4.20. The summed E-state index contributed by atoms with van der Waals surface area (Å²) in [6, 6.07) is 0. The summed E-state index contributed by atoms with van der Waals surface area (Å²) in [7, 11) is 1.09. The second-order valence-corrected chi connectivity index (χ2v) is 4.03. The molecule has 0 aliphatic heterocycles. The lowest BCUT2D eigenvalue weighted by molar-refractivity contribution is -0.220. The first-order valence-electron chi connectivity index (χ1n) is 3.76. The van der Waals surface area contributed by atoms with Crippen molar-refractivity contribution in [2.75, 3.05) is 7.11 Å². The van der Waals surface area contributed by atoms with Gasteiger partial charge in [0, 0.05) is 7.11 Å². The van der Waals surface area contributed by atoms with Crippen LogP contribution in [0.15, 0.2) is 0 Å². The molecule has 0 saturated carbocycles. The molecule has 0 fully saturated rings. The quantitative estimate of drug-likeness (QED) is 0.641. The van der Waals surface area contributed by atoms with Crippen LogP contribution in [-0.2, 0) is 4.74 Å². The fraction of sp³-hybridized carbons (Fsp3) is 1.00. The molecule has 0 aromatic heterocycles. The lowest BCUT2D eigenvalue weighted by Gasteiger charge is -2.26. The van der Waals surface area contributed by atoms with Gasteiger partial charge in [-0.3, -0.25) is 0 Å². The third-order valence-electron chi connectivity index (χ3n) is 1.45. The van der Waals surface area contributed by atoms with Crippen LogP contribution in [0.25, 0.3) is 0 Å². The Labute approximate surface area is 70.9 Å². The minimum atomic E-state index is -4.25. The van der Waals surface area contributed by atoms with E-state index in [9.17, 15) is 13.2 Å². The highest BCUT2D eigenvalue weighted by molar-refractivity contribution is 4.74. The van der Waals surface area contributed by atoms with Crippen molar-refractivity contribution in [3.63, 3.8) is 0 Å². The molecule has 1 unspecified atom stereocenters. The van der Waals surface area contributed by atoms with Crippen LogP contribution >= 0.6 is 0 Å². The van der Waals surface area contributed by atoms with Crippen molar-refractivity contribution >= 4 is 0 Å². The second kappa shape index (κ2) is 3.64. The van der Waals surface area contributed by atoms with Crippen molar-refractivity contribution in [2.24, 2.45) is 5.41 Å². The molecule has 1 nitrogen and oxygen atoms in total. The largest absolute Gasteiger partial charge is 0.414 e. The Morgan fingerprint density at radius 1 is 1.17 bits per heavy atom. The summed E-state index contributed by atoms with van der Waals surface area (Å²) in [6.07, 6.45) is -5.90. The van der Waals surface area contributed by atoms with E-state index in [1.165, 1.54) is 0 Å². The van der Waals surface area contributed by atoms with Gasteiger partial charge in [-0.2, -0.15) is 13.2 Å². The van der Waals surface area contributed by atoms with Gasteiger partial charge in [-0.15, -0.1) is 0 Å². The van der Waals surface area contributed by atoms with Gasteiger partial charge in [-0.25, -0.2) is 0 Å². The van der Waals surface area contributed by atoms with Crippen LogP contribution in [0, 0.1) is 5.41 Å². The van der Waals surface area contributed by atoms with Crippen LogP contribution in [0.5, 0.6) is 0 Å². The molecule has 0 aromatic rings. The molecule has 0 heterocycles. The van der Waals surface area contributed by atoms with E-state index >= 15 is 0 Å². The van der Waals surface area contributed by atoms with Crippen molar-refractivity contribution < 1.29 is 17.9 Å². The first-order chi connectivity index (χ1) is 5.17. The summed E-state index contributed by atoms with van der Waals surface area (Å²) in [5.41, 5.74) is -0.365. The van der Waals surface area contributed by atoms with Crippen LogP contribution in [0.2, 0.25) is 0 Å². The number of methoxy groups -OCH3 is 1. The molecule has 0 spiro atoms. The average Bonchev–Trinajstić information content (AvgIpc) is 1.78. The highest BCUT2D eigenvalue weighted by Crippen LogP contribution is 2.32. The Kier molecular flexibility index (Phi) is 3.57. The van der Waals surface area contributed by atoms with Crippen LogP contribution in [0.4, 0.5) is 13.2 Å². The number of rotatable bonds is 2. The predicted octanol–water partition coefficient (Wildman–Crippen LogP) is 3.00. The molecule has 0 rings (SSSR count). The van der Waals surface area contributed by atoms with E-state index in [2.05, 4.69) is 4.74 Å². The molecule has 0 aromatic carbocycles. The average molecular weight is 184 g/mol. The van der Waals surface area contributed by atoms with Gasteiger partial charge < -0.3 is 4.74 Å². The number of alkyl halides is 3. The molecule has 0 aliphatic carbocycles. The summed E-state index contributed by atoms with van der Waals surface area (Å²) >= 11 is 0. The Morgan fingerprint density at radius 3 is 1.67 bits per heavy atom. The molecule has 74 valence electrons. The molecule has 0 bridgehead atoms. The zero-order valence-electron chi connectivity index (χ0n) is 7.83. The van der Waals surface area contributed by atoms with Crippen molar-refractivity contribution in [3.05, 3.63) is 0 Å². The normalized spacial score (nSPS) is 16.2. The summed E-state index contributed by atoms with van der Waals surface area (Å²) in [6.45, 7) is 5.26. The highest BCUT2D eigenvalue weighted by atomic mass is 19.4. The Bertz CT molecular complexity index is 134. The van der Waals surface area contributed by atoms with E-state index in [-0.39, 0.29) is 11.8 Å². The predicted molar refractivity (Wildman–Crippen MR) is 40.9 cm³/mol. The number of ether oxygens (including phenoxy) is 1. The maximum atomic E-state index is 12.1. The van der Waals surface area contributed by atoms with E-state index in [0.29, 0.717) is 0 Å². The molecule has 0 radical (unpaired) electrons. The summed E-state index contributed by atoms with van der Waals surface area (Å²) < 4.78 is 40.7.